The standard InChI is InChI=1S/C20H28O4/c1-4-5-19-11-17(21)12-20(24-19)10-15(2)13-23-14-16-6-8-18(22-3)9-7-16/h4,6-9,15,19-20H,1,5,10-14H2,2-3H3/t15-,19+,20?/m1/s1. The van der Waals surface area contributed by atoms with E-state index in [9.17, 15) is 4.79 Å². The summed E-state index contributed by atoms with van der Waals surface area (Å²) in [7, 11) is 1.66. The number of benzene rings is 1. The van der Waals surface area contributed by atoms with Crippen LogP contribution in [0.1, 0.15) is 38.2 Å². The maximum absolute atomic E-state index is 11.8. The second-order valence-corrected chi connectivity index (χ2v) is 6.56. The molecule has 24 heavy (non-hydrogen) atoms. The Kier molecular flexibility index (Phi) is 7.47. The minimum atomic E-state index is 0.00108. The van der Waals surface area contributed by atoms with Crippen molar-refractivity contribution >= 4 is 5.78 Å². The molecule has 4 nitrogen and oxygen atoms in total. The molecule has 0 aromatic heterocycles. The first-order valence-electron chi connectivity index (χ1n) is 8.59. The highest BCUT2D eigenvalue weighted by molar-refractivity contribution is 5.80. The van der Waals surface area contributed by atoms with E-state index in [1.165, 1.54) is 0 Å². The zero-order valence-corrected chi connectivity index (χ0v) is 14.7. The van der Waals surface area contributed by atoms with Crippen LogP contribution in [0.25, 0.3) is 0 Å². The lowest BCUT2D eigenvalue weighted by Gasteiger charge is -2.30. The number of methoxy groups -OCH3 is 1. The fraction of sp³-hybridized carbons (Fsp3) is 0.550. The van der Waals surface area contributed by atoms with Crippen LogP contribution in [0.5, 0.6) is 5.75 Å². The van der Waals surface area contributed by atoms with Crippen molar-refractivity contribution in [3.63, 3.8) is 0 Å². The molecule has 0 aliphatic carbocycles. The zero-order valence-electron chi connectivity index (χ0n) is 14.7. The molecule has 1 aliphatic rings. The lowest BCUT2D eigenvalue weighted by atomic mass is 9.94. The lowest BCUT2D eigenvalue weighted by molar-refractivity contribution is -0.136. The molecule has 1 heterocycles. The van der Waals surface area contributed by atoms with Crippen molar-refractivity contribution in [2.24, 2.45) is 5.92 Å². The van der Waals surface area contributed by atoms with Gasteiger partial charge in [0.25, 0.3) is 0 Å². The van der Waals surface area contributed by atoms with E-state index in [1.807, 2.05) is 30.3 Å². The second-order valence-electron chi connectivity index (χ2n) is 6.56. The Balaban J connectivity index is 1.71. The highest BCUT2D eigenvalue weighted by Gasteiger charge is 2.28. The number of rotatable bonds is 9. The van der Waals surface area contributed by atoms with E-state index >= 15 is 0 Å². The molecule has 1 fully saturated rings. The summed E-state index contributed by atoms with van der Waals surface area (Å²) < 4.78 is 16.9. The van der Waals surface area contributed by atoms with Gasteiger partial charge in [0.05, 0.1) is 25.9 Å². The third-order valence-corrected chi connectivity index (χ3v) is 4.22. The first-order chi connectivity index (χ1) is 11.6. The molecule has 0 N–H and O–H groups in total. The van der Waals surface area contributed by atoms with Crippen LogP contribution in [0.15, 0.2) is 36.9 Å². The maximum atomic E-state index is 11.8. The minimum Gasteiger partial charge on any atom is -0.497 e. The van der Waals surface area contributed by atoms with Gasteiger partial charge >= 0.3 is 0 Å². The molecule has 132 valence electrons. The third-order valence-electron chi connectivity index (χ3n) is 4.22. The average molecular weight is 332 g/mol. The van der Waals surface area contributed by atoms with Gasteiger partial charge in [-0.25, -0.2) is 0 Å². The molecular formula is C20H28O4. The number of Topliss-reactive ketones (excluding diaryl/α,β-unsaturated/α-hetero) is 1. The van der Waals surface area contributed by atoms with Gasteiger partial charge < -0.3 is 14.2 Å². The summed E-state index contributed by atoms with van der Waals surface area (Å²) in [5.41, 5.74) is 1.12. The molecule has 1 aromatic rings. The van der Waals surface area contributed by atoms with Crippen molar-refractivity contribution in [2.45, 2.75) is 51.4 Å². The van der Waals surface area contributed by atoms with Crippen molar-refractivity contribution in [1.82, 2.24) is 0 Å². The van der Waals surface area contributed by atoms with Crippen LogP contribution >= 0.6 is 0 Å². The van der Waals surface area contributed by atoms with Crippen molar-refractivity contribution in [1.29, 1.82) is 0 Å². The van der Waals surface area contributed by atoms with E-state index in [0.29, 0.717) is 37.8 Å². The van der Waals surface area contributed by atoms with E-state index in [2.05, 4.69) is 13.5 Å². The zero-order chi connectivity index (χ0) is 17.4. The Labute approximate surface area is 144 Å². The van der Waals surface area contributed by atoms with E-state index < -0.39 is 0 Å². The van der Waals surface area contributed by atoms with Crippen LogP contribution in [0.3, 0.4) is 0 Å². The average Bonchev–Trinajstić information content (AvgIpc) is 2.55. The van der Waals surface area contributed by atoms with Gasteiger partial charge in [-0.15, -0.1) is 6.58 Å². The van der Waals surface area contributed by atoms with Crippen LogP contribution < -0.4 is 4.74 Å². The first kappa shape index (κ1) is 18.7. The van der Waals surface area contributed by atoms with Crippen molar-refractivity contribution in [3.05, 3.63) is 42.5 Å². The predicted molar refractivity (Wildman–Crippen MR) is 94.1 cm³/mol. The molecule has 2 rings (SSSR count). The summed E-state index contributed by atoms with van der Waals surface area (Å²) in [6.07, 6.45) is 4.47. The second kappa shape index (κ2) is 9.60. The topological polar surface area (TPSA) is 44.8 Å². The van der Waals surface area contributed by atoms with Crippen LogP contribution in [0.2, 0.25) is 0 Å². The number of ketones is 1. The predicted octanol–water partition coefficient (Wildman–Crippen LogP) is 3.93. The summed E-state index contributed by atoms with van der Waals surface area (Å²) >= 11 is 0. The van der Waals surface area contributed by atoms with E-state index in [1.54, 1.807) is 7.11 Å². The fourth-order valence-electron chi connectivity index (χ4n) is 3.04. The van der Waals surface area contributed by atoms with Gasteiger partial charge in [-0.05, 0) is 36.5 Å². The van der Waals surface area contributed by atoms with Gasteiger partial charge in [-0.3, -0.25) is 4.79 Å². The maximum Gasteiger partial charge on any atom is 0.138 e. The molecule has 1 unspecified atom stereocenters. The monoisotopic (exact) mass is 332 g/mol. The SMILES string of the molecule is C=CC[C@H]1CC(=O)CC(C[C@@H](C)COCc2ccc(OC)cc2)O1. The molecule has 3 atom stereocenters. The fourth-order valence-corrected chi connectivity index (χ4v) is 3.04. The number of carbonyl (C=O) groups is 1. The summed E-state index contributed by atoms with van der Waals surface area (Å²) in [5.74, 6) is 1.49. The Morgan fingerprint density at radius 1 is 1.29 bits per heavy atom. The van der Waals surface area contributed by atoms with Crippen LogP contribution in [0, 0.1) is 5.92 Å². The third kappa shape index (κ3) is 6.10. The van der Waals surface area contributed by atoms with Gasteiger partial charge in [0, 0.05) is 19.4 Å². The normalized spacial score (nSPS) is 22.2. The summed E-state index contributed by atoms with van der Waals surface area (Å²) in [4.78, 5) is 11.8. The molecule has 4 heteroatoms. The molecule has 0 radical (unpaired) electrons. The smallest absolute Gasteiger partial charge is 0.138 e. The molecule has 0 amide bonds. The molecular weight excluding hydrogens is 304 g/mol. The molecule has 0 spiro atoms. The van der Waals surface area contributed by atoms with Crippen molar-refractivity contribution in [2.75, 3.05) is 13.7 Å². The number of carbonyl (C=O) groups excluding carboxylic acids is 1. The quantitative estimate of drug-likeness (QED) is 0.643. The minimum absolute atomic E-state index is 0.00108. The van der Waals surface area contributed by atoms with Gasteiger partial charge in [0.15, 0.2) is 0 Å². The van der Waals surface area contributed by atoms with Crippen LogP contribution in [-0.2, 0) is 20.9 Å². The van der Waals surface area contributed by atoms with Gasteiger partial charge in [-0.1, -0.05) is 25.1 Å². The largest absolute Gasteiger partial charge is 0.497 e. The van der Waals surface area contributed by atoms with Crippen molar-refractivity contribution in [3.8, 4) is 5.75 Å². The Morgan fingerprint density at radius 2 is 2.00 bits per heavy atom. The van der Waals surface area contributed by atoms with E-state index in [0.717, 1.165) is 24.2 Å². The van der Waals surface area contributed by atoms with E-state index in [4.69, 9.17) is 14.2 Å². The van der Waals surface area contributed by atoms with Gasteiger partial charge in [-0.2, -0.15) is 0 Å². The lowest BCUT2D eigenvalue weighted by Crippen LogP contribution is -2.34. The highest BCUT2D eigenvalue weighted by Crippen LogP contribution is 2.24. The summed E-state index contributed by atoms with van der Waals surface area (Å²) in [5, 5.41) is 0. The van der Waals surface area contributed by atoms with Crippen molar-refractivity contribution < 1.29 is 19.0 Å². The summed E-state index contributed by atoms with van der Waals surface area (Å²) in [6.45, 7) is 7.10. The molecule has 0 saturated carbocycles. The molecule has 1 aliphatic heterocycles. The number of hydrogen-bond acceptors (Lipinski definition) is 4. The number of hydrogen-bond donors (Lipinski definition) is 0. The first-order valence-corrected chi connectivity index (χ1v) is 8.59. The highest BCUT2D eigenvalue weighted by atomic mass is 16.5. The molecule has 1 aromatic carbocycles. The number of ether oxygens (including phenoxy) is 3. The summed E-state index contributed by atoms with van der Waals surface area (Å²) in [6, 6.07) is 7.88. The van der Waals surface area contributed by atoms with Gasteiger partial charge in [0.2, 0.25) is 0 Å². The molecule has 1 saturated heterocycles. The van der Waals surface area contributed by atoms with Crippen LogP contribution in [0.4, 0.5) is 0 Å². The van der Waals surface area contributed by atoms with Gasteiger partial charge in [0.1, 0.15) is 11.5 Å². The Morgan fingerprint density at radius 3 is 2.67 bits per heavy atom. The van der Waals surface area contributed by atoms with Crippen LogP contribution in [-0.4, -0.2) is 31.7 Å². The molecule has 0 bridgehead atoms. The Hall–Kier alpha value is -1.65. The van der Waals surface area contributed by atoms with E-state index in [-0.39, 0.29) is 12.2 Å². The Bertz CT molecular complexity index is 523.